The zero-order valence-corrected chi connectivity index (χ0v) is 14.3. The van der Waals surface area contributed by atoms with Gasteiger partial charge in [0.2, 0.25) is 0 Å². The molecule has 1 aliphatic carbocycles. The van der Waals surface area contributed by atoms with Crippen LogP contribution in [0, 0.1) is 11.8 Å². The Kier molecular flexibility index (Phi) is 4.95. The standard InChI is InChI=1S/C20H27N3O/c1-2-4-17(5-3-1)9-11-22-12-19(16-24-15-18-6-7-18)13-23-20(14-22)8-10-21-23/h1-5,8,10,18-19H,6-7,9,11-16H2. The monoisotopic (exact) mass is 325 g/mol. The maximum atomic E-state index is 5.99. The zero-order valence-electron chi connectivity index (χ0n) is 14.3. The molecule has 0 N–H and O–H groups in total. The second-order valence-corrected chi connectivity index (χ2v) is 7.32. The topological polar surface area (TPSA) is 30.3 Å². The lowest BCUT2D eigenvalue weighted by Gasteiger charge is -2.24. The largest absolute Gasteiger partial charge is 0.381 e. The predicted molar refractivity (Wildman–Crippen MR) is 94.7 cm³/mol. The van der Waals surface area contributed by atoms with Crippen LogP contribution < -0.4 is 0 Å². The van der Waals surface area contributed by atoms with Crippen LogP contribution in [-0.4, -0.2) is 41.0 Å². The number of rotatable bonds is 7. The van der Waals surface area contributed by atoms with Crippen LogP contribution in [0.15, 0.2) is 42.6 Å². The van der Waals surface area contributed by atoms with E-state index in [4.69, 9.17) is 4.74 Å². The van der Waals surface area contributed by atoms with E-state index < -0.39 is 0 Å². The lowest BCUT2D eigenvalue weighted by atomic mass is 10.1. The van der Waals surface area contributed by atoms with Crippen LogP contribution in [0.3, 0.4) is 0 Å². The summed E-state index contributed by atoms with van der Waals surface area (Å²) in [5, 5.41) is 4.51. The maximum Gasteiger partial charge on any atom is 0.0524 e. The van der Waals surface area contributed by atoms with Gasteiger partial charge in [-0.25, -0.2) is 0 Å². The highest BCUT2D eigenvalue weighted by Gasteiger charge is 2.25. The summed E-state index contributed by atoms with van der Waals surface area (Å²) in [6.45, 7) is 5.97. The van der Waals surface area contributed by atoms with E-state index in [-0.39, 0.29) is 0 Å². The first-order chi connectivity index (χ1) is 11.9. The molecule has 2 aromatic rings. The molecule has 128 valence electrons. The van der Waals surface area contributed by atoms with Gasteiger partial charge in [-0.05, 0) is 36.8 Å². The van der Waals surface area contributed by atoms with Crippen molar-refractivity contribution in [2.24, 2.45) is 11.8 Å². The summed E-state index contributed by atoms with van der Waals surface area (Å²) in [6.07, 6.45) is 5.75. The van der Waals surface area contributed by atoms with Crippen LogP contribution in [0.2, 0.25) is 0 Å². The number of benzene rings is 1. The number of aromatic nitrogens is 2. The van der Waals surface area contributed by atoms with E-state index in [1.165, 1.54) is 24.1 Å². The molecule has 4 heteroatoms. The first-order valence-electron chi connectivity index (χ1n) is 9.21. The minimum absolute atomic E-state index is 0.528. The van der Waals surface area contributed by atoms with Crippen molar-refractivity contribution in [2.45, 2.75) is 32.4 Å². The second kappa shape index (κ2) is 7.49. The average Bonchev–Trinajstić information content (AvgIpc) is 3.36. The first-order valence-corrected chi connectivity index (χ1v) is 9.21. The van der Waals surface area contributed by atoms with Crippen molar-refractivity contribution < 1.29 is 4.74 Å². The Hall–Kier alpha value is -1.65. The van der Waals surface area contributed by atoms with Gasteiger partial charge in [0.15, 0.2) is 0 Å². The van der Waals surface area contributed by atoms with E-state index in [2.05, 4.69) is 51.1 Å². The molecule has 24 heavy (non-hydrogen) atoms. The highest BCUT2D eigenvalue weighted by Crippen LogP contribution is 2.29. The molecule has 1 unspecified atom stereocenters. The maximum absolute atomic E-state index is 5.99. The Morgan fingerprint density at radius 3 is 2.67 bits per heavy atom. The third-order valence-electron chi connectivity index (χ3n) is 5.10. The molecule has 0 bridgehead atoms. The molecule has 1 aromatic carbocycles. The summed E-state index contributed by atoms with van der Waals surface area (Å²) in [4.78, 5) is 2.57. The summed E-state index contributed by atoms with van der Waals surface area (Å²) in [7, 11) is 0. The van der Waals surface area contributed by atoms with Gasteiger partial charge in [-0.1, -0.05) is 30.3 Å². The molecule has 4 nitrogen and oxygen atoms in total. The third kappa shape index (κ3) is 4.25. The van der Waals surface area contributed by atoms with Gasteiger partial charge in [0.25, 0.3) is 0 Å². The van der Waals surface area contributed by atoms with E-state index >= 15 is 0 Å². The summed E-state index contributed by atoms with van der Waals surface area (Å²) in [5.41, 5.74) is 2.74. The van der Waals surface area contributed by atoms with Crippen molar-refractivity contribution in [3.8, 4) is 0 Å². The van der Waals surface area contributed by atoms with Crippen LogP contribution >= 0.6 is 0 Å². The number of hydrogen-bond donors (Lipinski definition) is 0. The highest BCUT2D eigenvalue weighted by atomic mass is 16.5. The molecule has 2 heterocycles. The van der Waals surface area contributed by atoms with Gasteiger partial charge < -0.3 is 4.74 Å². The van der Waals surface area contributed by atoms with Crippen molar-refractivity contribution >= 4 is 0 Å². The van der Waals surface area contributed by atoms with Gasteiger partial charge in [-0.3, -0.25) is 9.58 Å². The summed E-state index contributed by atoms with van der Waals surface area (Å²) in [5.74, 6) is 1.37. The van der Waals surface area contributed by atoms with Crippen LogP contribution in [0.1, 0.15) is 24.1 Å². The molecule has 0 radical (unpaired) electrons. The highest BCUT2D eigenvalue weighted by molar-refractivity contribution is 5.15. The molecule has 2 aliphatic rings. The number of hydrogen-bond acceptors (Lipinski definition) is 3. The molecule has 0 spiro atoms. The van der Waals surface area contributed by atoms with Crippen LogP contribution in [-0.2, 0) is 24.2 Å². The van der Waals surface area contributed by atoms with Gasteiger partial charge in [0.05, 0.1) is 12.3 Å². The van der Waals surface area contributed by atoms with Crippen molar-refractivity contribution in [3.05, 3.63) is 53.9 Å². The predicted octanol–water partition coefficient (Wildman–Crippen LogP) is 2.98. The van der Waals surface area contributed by atoms with E-state index in [0.717, 1.165) is 51.7 Å². The van der Waals surface area contributed by atoms with Crippen molar-refractivity contribution in [1.29, 1.82) is 0 Å². The number of ether oxygens (including phenoxy) is 1. The molecule has 1 fully saturated rings. The van der Waals surface area contributed by atoms with Crippen molar-refractivity contribution in [2.75, 3.05) is 26.3 Å². The third-order valence-corrected chi connectivity index (χ3v) is 5.10. The number of fused-ring (bicyclic) bond motifs is 1. The van der Waals surface area contributed by atoms with Gasteiger partial charge in [0.1, 0.15) is 0 Å². The molecule has 1 aromatic heterocycles. The van der Waals surface area contributed by atoms with Gasteiger partial charge in [-0.2, -0.15) is 5.10 Å². The average molecular weight is 325 g/mol. The summed E-state index contributed by atoms with van der Waals surface area (Å²) >= 11 is 0. The fourth-order valence-corrected chi connectivity index (χ4v) is 3.51. The smallest absolute Gasteiger partial charge is 0.0524 e. The molecule has 4 rings (SSSR count). The van der Waals surface area contributed by atoms with Crippen molar-refractivity contribution in [1.82, 2.24) is 14.7 Å². The van der Waals surface area contributed by atoms with E-state index in [1.54, 1.807) is 0 Å². The van der Waals surface area contributed by atoms with Gasteiger partial charge >= 0.3 is 0 Å². The summed E-state index contributed by atoms with van der Waals surface area (Å²) in [6, 6.07) is 12.9. The van der Waals surface area contributed by atoms with Crippen LogP contribution in [0.25, 0.3) is 0 Å². The molecule has 1 atom stereocenters. The Bertz CT molecular complexity index is 635. The van der Waals surface area contributed by atoms with E-state index in [1.807, 2.05) is 6.20 Å². The zero-order chi connectivity index (χ0) is 16.2. The lowest BCUT2D eigenvalue weighted by Crippen LogP contribution is -2.32. The molecular weight excluding hydrogens is 298 g/mol. The molecule has 0 saturated heterocycles. The van der Waals surface area contributed by atoms with Crippen LogP contribution in [0.5, 0.6) is 0 Å². The fraction of sp³-hybridized carbons (Fsp3) is 0.550. The Balaban J connectivity index is 1.36. The molecular formula is C20H27N3O. The quantitative estimate of drug-likeness (QED) is 0.784. The molecule has 1 saturated carbocycles. The SMILES string of the molecule is c1ccc(CCN2Cc3ccnn3CC(COCC3CC3)C2)cc1. The lowest BCUT2D eigenvalue weighted by molar-refractivity contribution is 0.0710. The Labute approximate surface area is 144 Å². The van der Waals surface area contributed by atoms with E-state index in [0.29, 0.717) is 5.92 Å². The van der Waals surface area contributed by atoms with Gasteiger partial charge in [-0.15, -0.1) is 0 Å². The first kappa shape index (κ1) is 15.9. The Morgan fingerprint density at radius 2 is 1.83 bits per heavy atom. The number of nitrogens with zero attached hydrogens (tertiary/aromatic N) is 3. The molecule has 0 amide bonds. The summed E-state index contributed by atoms with van der Waals surface area (Å²) < 4.78 is 8.16. The van der Waals surface area contributed by atoms with Crippen LogP contribution in [0.4, 0.5) is 0 Å². The minimum Gasteiger partial charge on any atom is -0.381 e. The molecule has 1 aliphatic heterocycles. The van der Waals surface area contributed by atoms with E-state index in [9.17, 15) is 0 Å². The van der Waals surface area contributed by atoms with Gasteiger partial charge in [0, 0.05) is 44.9 Å². The van der Waals surface area contributed by atoms with Crippen molar-refractivity contribution in [3.63, 3.8) is 0 Å². The Morgan fingerprint density at radius 1 is 1.00 bits per heavy atom. The normalized spacial score (nSPS) is 21.4. The minimum atomic E-state index is 0.528. The fourth-order valence-electron chi connectivity index (χ4n) is 3.51. The second-order valence-electron chi connectivity index (χ2n) is 7.32.